The molecule has 0 radical (unpaired) electrons. The van der Waals surface area contributed by atoms with Crippen molar-refractivity contribution in [3.05, 3.63) is 53.6 Å². The molecule has 0 bridgehead atoms. The Kier molecular flexibility index (Phi) is 5.93. The van der Waals surface area contributed by atoms with Crippen molar-refractivity contribution in [2.24, 2.45) is 12.9 Å². The Hall–Kier alpha value is -2.14. The van der Waals surface area contributed by atoms with Crippen LogP contribution in [0.2, 0.25) is 0 Å². The van der Waals surface area contributed by atoms with Crippen molar-refractivity contribution in [1.29, 1.82) is 0 Å². The Labute approximate surface area is 119 Å². The maximum Gasteiger partial charge on any atom is 0.238 e. The minimum absolute atomic E-state index is 0. The van der Waals surface area contributed by atoms with Crippen molar-refractivity contribution in [2.45, 2.75) is 26.7 Å². The summed E-state index contributed by atoms with van der Waals surface area (Å²) in [6.45, 7) is 0. The summed E-state index contributed by atoms with van der Waals surface area (Å²) in [6.07, 6.45) is 5.92. The van der Waals surface area contributed by atoms with Crippen LogP contribution in [0.15, 0.2) is 36.7 Å². The van der Waals surface area contributed by atoms with Crippen molar-refractivity contribution in [2.75, 3.05) is 0 Å². The van der Waals surface area contributed by atoms with E-state index >= 15 is 0 Å². The van der Waals surface area contributed by atoms with Gasteiger partial charge in [-0.3, -0.25) is 10.2 Å². The first-order valence-electron chi connectivity index (χ1n) is 6.22. The fourth-order valence-electron chi connectivity index (χ4n) is 1.95. The Morgan fingerprint density at radius 1 is 1.25 bits per heavy atom. The van der Waals surface area contributed by atoms with Gasteiger partial charge in [0.25, 0.3) is 0 Å². The second-order valence-electron chi connectivity index (χ2n) is 4.52. The zero-order chi connectivity index (χ0) is 13.7. The summed E-state index contributed by atoms with van der Waals surface area (Å²) >= 11 is 0. The molecule has 5 nitrogen and oxygen atoms in total. The average molecular weight is 274 g/mol. The van der Waals surface area contributed by atoms with Crippen LogP contribution in [0.5, 0.6) is 0 Å². The van der Waals surface area contributed by atoms with E-state index in [9.17, 15) is 4.79 Å². The largest absolute Gasteiger partial charge is 0.338 e. The third-order valence-corrected chi connectivity index (χ3v) is 3.11. The number of carbonyl (C=O) groups is 1. The molecule has 20 heavy (non-hydrogen) atoms. The van der Waals surface area contributed by atoms with Crippen LogP contribution in [0.3, 0.4) is 0 Å². The summed E-state index contributed by atoms with van der Waals surface area (Å²) in [6, 6.07) is 8.01. The van der Waals surface area contributed by atoms with Gasteiger partial charge in [0.15, 0.2) is 0 Å². The second-order valence-corrected chi connectivity index (χ2v) is 4.52. The zero-order valence-corrected chi connectivity index (χ0v) is 11.0. The van der Waals surface area contributed by atoms with Crippen LogP contribution in [-0.2, 0) is 31.1 Å². The van der Waals surface area contributed by atoms with E-state index in [4.69, 9.17) is 5.84 Å². The van der Waals surface area contributed by atoms with Crippen molar-refractivity contribution in [1.82, 2.24) is 15.0 Å². The van der Waals surface area contributed by atoms with Gasteiger partial charge in [0.2, 0.25) is 5.91 Å². The number of nitrogens with two attached hydrogens (primary N) is 1. The van der Waals surface area contributed by atoms with E-state index in [0.717, 1.165) is 24.2 Å². The molecule has 108 valence electrons. The molecule has 1 aromatic heterocycles. The van der Waals surface area contributed by atoms with Gasteiger partial charge in [0.05, 0.1) is 6.42 Å². The first-order chi connectivity index (χ1) is 9.19. The molecular formula is C15H22N4O. The molecule has 0 aliphatic carbocycles. The van der Waals surface area contributed by atoms with Gasteiger partial charge in [-0.15, -0.1) is 0 Å². The third-order valence-electron chi connectivity index (χ3n) is 3.11. The summed E-state index contributed by atoms with van der Waals surface area (Å²) in [4.78, 5) is 15.4. The third kappa shape index (κ3) is 4.20. The lowest BCUT2D eigenvalue weighted by molar-refractivity contribution is -0.120. The molecule has 0 fully saturated rings. The molecule has 5 heteroatoms. The number of benzene rings is 1. The Morgan fingerprint density at radius 2 is 1.90 bits per heavy atom. The lowest BCUT2D eigenvalue weighted by Gasteiger charge is -2.04. The summed E-state index contributed by atoms with van der Waals surface area (Å²) in [5, 5.41) is 0. The van der Waals surface area contributed by atoms with Crippen LogP contribution >= 0.6 is 0 Å². The van der Waals surface area contributed by atoms with Crippen LogP contribution in [0.25, 0.3) is 0 Å². The topological polar surface area (TPSA) is 72.9 Å². The second kappa shape index (κ2) is 7.45. The molecule has 0 atom stereocenters. The number of rotatable bonds is 5. The number of nitrogens with one attached hydrogen (secondary N) is 1. The minimum Gasteiger partial charge on any atom is -0.338 e. The van der Waals surface area contributed by atoms with Gasteiger partial charge < -0.3 is 4.57 Å². The lowest BCUT2D eigenvalue weighted by atomic mass is 10.1. The fraction of sp³-hybridized carbons (Fsp3) is 0.333. The number of hydrazine groups is 1. The number of nitrogens with zero attached hydrogens (tertiary/aromatic N) is 2. The molecule has 2 rings (SSSR count). The van der Waals surface area contributed by atoms with Crippen molar-refractivity contribution >= 4 is 5.91 Å². The molecular weight excluding hydrogens is 252 g/mol. The average Bonchev–Trinajstić information content (AvgIpc) is 2.83. The van der Waals surface area contributed by atoms with Gasteiger partial charge in [-0.1, -0.05) is 31.7 Å². The maximum atomic E-state index is 11.1. The predicted octanol–water partition coefficient (Wildman–Crippen LogP) is 1.37. The molecule has 2 aromatic rings. The number of aromatic nitrogens is 2. The Balaban J connectivity index is 0.00000200. The van der Waals surface area contributed by atoms with E-state index in [2.05, 4.69) is 10.4 Å². The van der Waals surface area contributed by atoms with E-state index in [1.807, 2.05) is 48.3 Å². The summed E-state index contributed by atoms with van der Waals surface area (Å²) in [7, 11) is 2.00. The van der Waals surface area contributed by atoms with Crippen LogP contribution in [-0.4, -0.2) is 15.5 Å². The monoisotopic (exact) mass is 274 g/mol. The number of imidazole rings is 1. The van der Waals surface area contributed by atoms with Gasteiger partial charge >= 0.3 is 0 Å². The van der Waals surface area contributed by atoms with Gasteiger partial charge in [0, 0.05) is 25.9 Å². The number of hydrogen-bond acceptors (Lipinski definition) is 3. The van der Waals surface area contributed by atoms with E-state index in [-0.39, 0.29) is 13.3 Å². The Morgan fingerprint density at radius 3 is 2.45 bits per heavy atom. The van der Waals surface area contributed by atoms with Gasteiger partial charge in [-0.2, -0.15) is 0 Å². The normalized spacial score (nSPS) is 9.90. The maximum absolute atomic E-state index is 11.1. The first-order valence-corrected chi connectivity index (χ1v) is 6.22. The van der Waals surface area contributed by atoms with E-state index < -0.39 is 0 Å². The fourth-order valence-corrected chi connectivity index (χ4v) is 1.95. The van der Waals surface area contributed by atoms with Crippen LogP contribution in [0, 0.1) is 0 Å². The number of amides is 1. The number of carbonyl (C=O) groups excluding carboxylic acids is 1. The quantitative estimate of drug-likeness (QED) is 0.491. The van der Waals surface area contributed by atoms with Gasteiger partial charge in [-0.25, -0.2) is 10.8 Å². The molecule has 1 aromatic carbocycles. The highest BCUT2D eigenvalue weighted by molar-refractivity contribution is 5.77. The highest BCUT2D eigenvalue weighted by Crippen LogP contribution is 2.08. The zero-order valence-electron chi connectivity index (χ0n) is 11.0. The van der Waals surface area contributed by atoms with E-state index in [0.29, 0.717) is 6.42 Å². The van der Waals surface area contributed by atoms with Crippen LogP contribution < -0.4 is 11.3 Å². The van der Waals surface area contributed by atoms with E-state index in [1.165, 1.54) is 5.56 Å². The number of hydrogen-bond donors (Lipinski definition) is 2. The van der Waals surface area contributed by atoms with Crippen LogP contribution in [0.1, 0.15) is 24.4 Å². The van der Waals surface area contributed by atoms with E-state index in [1.54, 1.807) is 0 Å². The lowest BCUT2D eigenvalue weighted by Crippen LogP contribution is -2.31. The highest BCUT2D eigenvalue weighted by Gasteiger charge is 2.03. The molecule has 0 saturated heterocycles. The molecule has 0 saturated carbocycles. The number of aryl methyl sites for hydroxylation is 3. The molecule has 1 heterocycles. The highest BCUT2D eigenvalue weighted by atomic mass is 16.2. The van der Waals surface area contributed by atoms with Gasteiger partial charge in [-0.05, 0) is 17.5 Å². The van der Waals surface area contributed by atoms with Crippen molar-refractivity contribution in [3.8, 4) is 0 Å². The van der Waals surface area contributed by atoms with Crippen molar-refractivity contribution < 1.29 is 4.79 Å². The molecule has 0 unspecified atom stereocenters. The molecule has 0 spiro atoms. The van der Waals surface area contributed by atoms with Crippen molar-refractivity contribution in [3.63, 3.8) is 0 Å². The standard InChI is InChI=1S/C14H18N4O.CH4/c1-18-9-8-16-13(18)7-6-11-2-4-12(5-3-11)10-14(19)17-15;/h2-5,8-9H,6-7,10,15H2,1H3,(H,17,19);1H4. The van der Waals surface area contributed by atoms with Crippen LogP contribution in [0.4, 0.5) is 0 Å². The minimum atomic E-state index is -0.180. The molecule has 3 N–H and O–H groups in total. The molecule has 1 amide bonds. The predicted molar refractivity (Wildman–Crippen MR) is 79.8 cm³/mol. The molecule has 0 aliphatic heterocycles. The molecule has 0 aliphatic rings. The SMILES string of the molecule is C.Cn1ccnc1CCc1ccc(CC(=O)NN)cc1. The smallest absolute Gasteiger partial charge is 0.238 e. The summed E-state index contributed by atoms with van der Waals surface area (Å²) in [5.41, 5.74) is 4.33. The Bertz CT molecular complexity index is 545. The summed E-state index contributed by atoms with van der Waals surface area (Å²) in [5.74, 6) is 5.95. The van der Waals surface area contributed by atoms with Gasteiger partial charge in [0.1, 0.15) is 5.82 Å². The summed E-state index contributed by atoms with van der Waals surface area (Å²) < 4.78 is 2.03. The first kappa shape index (κ1) is 15.9.